The number of fused-ring (bicyclic) bond motifs is 1. The minimum absolute atomic E-state index is 0.213. The maximum absolute atomic E-state index is 12.6. The van der Waals surface area contributed by atoms with Gasteiger partial charge in [-0.3, -0.25) is 5.10 Å². The van der Waals surface area contributed by atoms with Crippen molar-refractivity contribution in [1.82, 2.24) is 14.9 Å². The number of H-pyrrole nitrogens is 1. The van der Waals surface area contributed by atoms with E-state index in [1.165, 1.54) is 0 Å². The molecule has 0 aliphatic carbocycles. The summed E-state index contributed by atoms with van der Waals surface area (Å²) in [6.07, 6.45) is 0. The molecule has 0 saturated heterocycles. The third-order valence-electron chi connectivity index (χ3n) is 4.36. The van der Waals surface area contributed by atoms with E-state index in [4.69, 9.17) is 9.47 Å². The van der Waals surface area contributed by atoms with E-state index in [0.717, 1.165) is 11.3 Å². The summed E-state index contributed by atoms with van der Waals surface area (Å²) in [7, 11) is -3.64. The van der Waals surface area contributed by atoms with Crippen LogP contribution in [0.25, 0.3) is 0 Å². The van der Waals surface area contributed by atoms with E-state index in [9.17, 15) is 8.42 Å². The lowest BCUT2D eigenvalue weighted by molar-refractivity contribution is 0.171. The average Bonchev–Trinajstić information content (AvgIpc) is 2.92. The van der Waals surface area contributed by atoms with Crippen LogP contribution in [0.15, 0.2) is 23.1 Å². The third-order valence-corrected chi connectivity index (χ3v) is 6.02. The van der Waals surface area contributed by atoms with Crippen molar-refractivity contribution in [3.8, 4) is 11.5 Å². The fourth-order valence-electron chi connectivity index (χ4n) is 2.85. The molecular formula is C17H23N3O4S. The zero-order valence-corrected chi connectivity index (χ0v) is 15.7. The van der Waals surface area contributed by atoms with Crippen LogP contribution < -0.4 is 14.2 Å². The van der Waals surface area contributed by atoms with E-state index >= 15 is 0 Å². The van der Waals surface area contributed by atoms with E-state index in [1.54, 1.807) is 13.8 Å². The monoisotopic (exact) mass is 365 g/mol. The molecule has 136 valence electrons. The first-order chi connectivity index (χ1) is 11.7. The number of sulfonamides is 1. The number of aryl methyl sites for hydroxylation is 2. The Balaban J connectivity index is 1.80. The van der Waals surface area contributed by atoms with Gasteiger partial charge in [0.15, 0.2) is 11.5 Å². The first kappa shape index (κ1) is 17.8. The largest absolute Gasteiger partial charge is 0.486 e. The molecule has 0 radical (unpaired) electrons. The van der Waals surface area contributed by atoms with Gasteiger partial charge in [0, 0.05) is 12.0 Å². The molecule has 2 aromatic rings. The highest BCUT2D eigenvalue weighted by Gasteiger charge is 2.28. The first-order valence-electron chi connectivity index (χ1n) is 8.12. The van der Waals surface area contributed by atoms with Gasteiger partial charge in [-0.15, -0.1) is 0 Å². The first-order valence-corrected chi connectivity index (χ1v) is 9.60. The second-order valence-corrected chi connectivity index (χ2v) is 8.53. The topological polar surface area (TPSA) is 93.3 Å². The standard InChI is InChI=1S/C17H23N3O4S/c1-11-16(12(2)20-19-11)25(21,22)18-10-17(3,4)13-5-6-14-15(9-13)24-8-7-23-14/h5-6,9,18H,7-8,10H2,1-4H3,(H,19,20). The molecule has 1 aromatic carbocycles. The SMILES string of the molecule is Cc1n[nH]c(C)c1S(=O)(=O)NCC(C)(C)c1ccc2c(c1)OCCO2. The predicted molar refractivity (Wildman–Crippen MR) is 93.7 cm³/mol. The van der Waals surface area contributed by atoms with Crippen LogP contribution in [0.2, 0.25) is 0 Å². The molecule has 8 heteroatoms. The molecule has 0 spiro atoms. The Labute approximate surface area is 147 Å². The highest BCUT2D eigenvalue weighted by atomic mass is 32.2. The third kappa shape index (κ3) is 3.50. The van der Waals surface area contributed by atoms with Crippen molar-refractivity contribution in [2.24, 2.45) is 0 Å². The number of ether oxygens (including phenoxy) is 2. The Hall–Kier alpha value is -2.06. The maximum atomic E-state index is 12.6. The molecule has 0 amide bonds. The van der Waals surface area contributed by atoms with Crippen molar-refractivity contribution >= 4 is 10.0 Å². The lowest BCUT2D eigenvalue weighted by atomic mass is 9.84. The summed E-state index contributed by atoms with van der Waals surface area (Å²) in [6, 6.07) is 5.72. The molecule has 1 aromatic heterocycles. The number of nitrogens with one attached hydrogen (secondary N) is 2. The Morgan fingerprint density at radius 1 is 1.20 bits per heavy atom. The van der Waals surface area contributed by atoms with E-state index < -0.39 is 15.4 Å². The molecule has 1 aliphatic rings. The quantitative estimate of drug-likeness (QED) is 0.846. The molecule has 0 saturated carbocycles. The molecule has 0 fully saturated rings. The van der Waals surface area contributed by atoms with Crippen molar-refractivity contribution in [3.05, 3.63) is 35.2 Å². The molecule has 7 nitrogen and oxygen atoms in total. The number of benzene rings is 1. The Kier molecular flexibility index (Phi) is 4.51. The van der Waals surface area contributed by atoms with Gasteiger partial charge in [-0.25, -0.2) is 13.1 Å². The Morgan fingerprint density at radius 3 is 2.52 bits per heavy atom. The van der Waals surface area contributed by atoms with Gasteiger partial charge in [-0.05, 0) is 31.5 Å². The predicted octanol–water partition coefficient (Wildman–Crippen LogP) is 2.05. The average molecular weight is 365 g/mol. The fourth-order valence-corrected chi connectivity index (χ4v) is 4.43. The lowest BCUT2D eigenvalue weighted by Gasteiger charge is -2.27. The van der Waals surface area contributed by atoms with Crippen molar-refractivity contribution in [2.75, 3.05) is 19.8 Å². The van der Waals surface area contributed by atoms with Gasteiger partial charge in [0.2, 0.25) is 10.0 Å². The number of rotatable bonds is 5. The second kappa shape index (κ2) is 6.34. The lowest BCUT2D eigenvalue weighted by Crippen LogP contribution is -2.37. The van der Waals surface area contributed by atoms with Crippen molar-refractivity contribution in [1.29, 1.82) is 0 Å². The maximum Gasteiger partial charge on any atom is 0.244 e. The van der Waals surface area contributed by atoms with Crippen LogP contribution in [-0.2, 0) is 15.4 Å². The van der Waals surface area contributed by atoms with E-state index in [0.29, 0.717) is 30.4 Å². The molecular weight excluding hydrogens is 342 g/mol. The van der Waals surface area contributed by atoms with Gasteiger partial charge in [0.25, 0.3) is 0 Å². The van der Waals surface area contributed by atoms with Gasteiger partial charge in [-0.1, -0.05) is 19.9 Å². The van der Waals surface area contributed by atoms with Gasteiger partial charge in [-0.2, -0.15) is 5.10 Å². The molecule has 25 heavy (non-hydrogen) atoms. The normalized spacial score (nSPS) is 14.6. The summed E-state index contributed by atoms with van der Waals surface area (Å²) in [4.78, 5) is 0.213. The van der Waals surface area contributed by atoms with Crippen LogP contribution in [0.5, 0.6) is 11.5 Å². The number of aromatic amines is 1. The van der Waals surface area contributed by atoms with Crippen LogP contribution in [0, 0.1) is 13.8 Å². The zero-order valence-electron chi connectivity index (χ0n) is 14.8. The van der Waals surface area contributed by atoms with Gasteiger partial charge >= 0.3 is 0 Å². The molecule has 3 rings (SSSR count). The van der Waals surface area contributed by atoms with Crippen LogP contribution >= 0.6 is 0 Å². The summed E-state index contributed by atoms with van der Waals surface area (Å²) < 4.78 is 39.1. The van der Waals surface area contributed by atoms with Crippen LogP contribution in [-0.4, -0.2) is 38.4 Å². The van der Waals surface area contributed by atoms with Crippen molar-refractivity contribution < 1.29 is 17.9 Å². The Morgan fingerprint density at radius 2 is 1.88 bits per heavy atom. The molecule has 0 atom stereocenters. The molecule has 1 aliphatic heterocycles. The van der Waals surface area contributed by atoms with Gasteiger partial charge in [0.05, 0.1) is 11.4 Å². The van der Waals surface area contributed by atoms with E-state index in [-0.39, 0.29) is 11.4 Å². The van der Waals surface area contributed by atoms with E-state index in [1.807, 2.05) is 32.0 Å². The summed E-state index contributed by atoms with van der Waals surface area (Å²) >= 11 is 0. The number of nitrogens with zero attached hydrogens (tertiary/aromatic N) is 1. The van der Waals surface area contributed by atoms with Gasteiger partial charge < -0.3 is 9.47 Å². The molecule has 2 heterocycles. The number of hydrogen-bond donors (Lipinski definition) is 2. The smallest absolute Gasteiger partial charge is 0.244 e. The number of aromatic nitrogens is 2. The summed E-state index contributed by atoms with van der Waals surface area (Å²) in [5.41, 5.74) is 1.54. The zero-order chi connectivity index (χ0) is 18.2. The fraction of sp³-hybridized carbons (Fsp3) is 0.471. The highest BCUT2D eigenvalue weighted by Crippen LogP contribution is 2.35. The van der Waals surface area contributed by atoms with Gasteiger partial charge in [0.1, 0.15) is 18.1 Å². The van der Waals surface area contributed by atoms with E-state index in [2.05, 4.69) is 14.9 Å². The summed E-state index contributed by atoms with van der Waals surface area (Å²) in [5.74, 6) is 1.41. The molecule has 0 unspecified atom stereocenters. The molecule has 2 N–H and O–H groups in total. The summed E-state index contributed by atoms with van der Waals surface area (Å²) in [6.45, 7) is 8.64. The highest BCUT2D eigenvalue weighted by molar-refractivity contribution is 7.89. The second-order valence-electron chi connectivity index (χ2n) is 6.83. The molecule has 0 bridgehead atoms. The van der Waals surface area contributed by atoms with Crippen LogP contribution in [0.3, 0.4) is 0 Å². The van der Waals surface area contributed by atoms with Crippen molar-refractivity contribution in [2.45, 2.75) is 38.0 Å². The van der Waals surface area contributed by atoms with Crippen molar-refractivity contribution in [3.63, 3.8) is 0 Å². The summed E-state index contributed by atoms with van der Waals surface area (Å²) in [5, 5.41) is 6.67. The Bertz CT molecular complexity index is 868. The minimum Gasteiger partial charge on any atom is -0.486 e. The minimum atomic E-state index is -3.64. The van der Waals surface area contributed by atoms with Crippen LogP contribution in [0.4, 0.5) is 0 Å². The van der Waals surface area contributed by atoms with Crippen LogP contribution in [0.1, 0.15) is 30.8 Å². The number of hydrogen-bond acceptors (Lipinski definition) is 5.